The molecular formula is C21H27NO3S2. The maximum Gasteiger partial charge on any atom is 0.233 e. The van der Waals surface area contributed by atoms with Gasteiger partial charge in [0.2, 0.25) is 5.91 Å². The fraction of sp³-hybridized carbons (Fsp3) is 0.381. The molecule has 4 nitrogen and oxygen atoms in total. The second kappa shape index (κ2) is 9.95. The standard InChI is InChI=1S/C21H27NO3S2/c1-16(2)20(26-14-18-7-5-4-6-8-18)21(23)22-13-17-9-11-19(12-10-17)15-27(3,24)25/h4-12,16,20H,13-15H2,1-3H3,(H,22,23). The van der Waals surface area contributed by atoms with Gasteiger partial charge in [-0.25, -0.2) is 8.42 Å². The van der Waals surface area contributed by atoms with Crippen molar-refractivity contribution >= 4 is 27.5 Å². The molecule has 2 aromatic carbocycles. The van der Waals surface area contributed by atoms with Gasteiger partial charge in [0.05, 0.1) is 11.0 Å². The lowest BCUT2D eigenvalue weighted by Crippen LogP contribution is -2.35. The van der Waals surface area contributed by atoms with Gasteiger partial charge in [0.25, 0.3) is 0 Å². The zero-order valence-electron chi connectivity index (χ0n) is 16.0. The van der Waals surface area contributed by atoms with Crippen molar-refractivity contribution in [3.63, 3.8) is 0 Å². The third kappa shape index (κ3) is 7.77. The fourth-order valence-electron chi connectivity index (χ4n) is 2.68. The molecule has 0 fully saturated rings. The van der Waals surface area contributed by atoms with Gasteiger partial charge in [-0.3, -0.25) is 4.79 Å². The number of hydrogen-bond donors (Lipinski definition) is 1. The molecule has 0 radical (unpaired) electrons. The van der Waals surface area contributed by atoms with E-state index in [1.165, 1.54) is 11.8 Å². The highest BCUT2D eigenvalue weighted by Gasteiger charge is 2.22. The van der Waals surface area contributed by atoms with Crippen molar-refractivity contribution in [1.82, 2.24) is 5.32 Å². The number of thioether (sulfide) groups is 1. The van der Waals surface area contributed by atoms with E-state index in [2.05, 4.69) is 31.3 Å². The molecule has 0 bridgehead atoms. The van der Waals surface area contributed by atoms with Crippen LogP contribution < -0.4 is 5.32 Å². The Bertz CT molecular complexity index is 831. The Morgan fingerprint density at radius 3 is 2.11 bits per heavy atom. The molecule has 1 amide bonds. The molecule has 6 heteroatoms. The normalized spacial score (nSPS) is 12.7. The highest BCUT2D eigenvalue weighted by Crippen LogP contribution is 2.24. The summed E-state index contributed by atoms with van der Waals surface area (Å²) in [4.78, 5) is 12.6. The van der Waals surface area contributed by atoms with Crippen molar-refractivity contribution in [2.75, 3.05) is 6.26 Å². The van der Waals surface area contributed by atoms with Crippen LogP contribution in [0.2, 0.25) is 0 Å². The third-order valence-electron chi connectivity index (χ3n) is 4.05. The second-order valence-electron chi connectivity index (χ2n) is 7.07. The van der Waals surface area contributed by atoms with Crippen molar-refractivity contribution in [3.05, 3.63) is 71.3 Å². The highest BCUT2D eigenvalue weighted by molar-refractivity contribution is 7.99. The summed E-state index contributed by atoms with van der Waals surface area (Å²) >= 11 is 1.66. The number of carbonyl (C=O) groups excluding carboxylic acids is 1. The number of benzene rings is 2. The molecule has 27 heavy (non-hydrogen) atoms. The predicted octanol–water partition coefficient (Wildman–Crippen LogP) is 3.81. The molecule has 1 N–H and O–H groups in total. The summed E-state index contributed by atoms with van der Waals surface area (Å²) in [6.45, 7) is 4.55. The number of carbonyl (C=O) groups is 1. The van der Waals surface area contributed by atoms with Crippen LogP contribution in [0.4, 0.5) is 0 Å². The molecule has 1 unspecified atom stereocenters. The Labute approximate surface area is 166 Å². The maximum absolute atomic E-state index is 12.6. The lowest BCUT2D eigenvalue weighted by molar-refractivity contribution is -0.121. The molecule has 146 valence electrons. The van der Waals surface area contributed by atoms with Crippen LogP contribution in [0.15, 0.2) is 54.6 Å². The Morgan fingerprint density at radius 2 is 1.56 bits per heavy atom. The van der Waals surface area contributed by atoms with Gasteiger partial charge in [0, 0.05) is 18.6 Å². The predicted molar refractivity (Wildman–Crippen MR) is 113 cm³/mol. The van der Waals surface area contributed by atoms with Gasteiger partial charge >= 0.3 is 0 Å². The van der Waals surface area contributed by atoms with Gasteiger partial charge in [0.1, 0.15) is 0 Å². The molecule has 2 rings (SSSR count). The summed E-state index contributed by atoms with van der Waals surface area (Å²) in [5.74, 6) is 1.10. The molecule has 0 aliphatic rings. The molecule has 0 aliphatic heterocycles. The Balaban J connectivity index is 1.89. The lowest BCUT2D eigenvalue weighted by Gasteiger charge is -2.20. The van der Waals surface area contributed by atoms with Crippen LogP contribution in [0, 0.1) is 5.92 Å². The molecule has 0 saturated carbocycles. The van der Waals surface area contributed by atoms with Crippen LogP contribution in [0.5, 0.6) is 0 Å². The van der Waals surface area contributed by atoms with Crippen molar-refractivity contribution < 1.29 is 13.2 Å². The summed E-state index contributed by atoms with van der Waals surface area (Å²) in [6.07, 6.45) is 1.22. The Kier molecular flexibility index (Phi) is 7.92. The lowest BCUT2D eigenvalue weighted by atomic mass is 10.1. The first-order valence-electron chi connectivity index (χ1n) is 8.93. The minimum Gasteiger partial charge on any atom is -0.351 e. The van der Waals surface area contributed by atoms with Crippen LogP contribution in [0.25, 0.3) is 0 Å². The molecule has 0 spiro atoms. The summed E-state index contributed by atoms with van der Waals surface area (Å²) in [5.41, 5.74) is 2.92. The highest BCUT2D eigenvalue weighted by atomic mass is 32.2. The smallest absolute Gasteiger partial charge is 0.233 e. The monoisotopic (exact) mass is 405 g/mol. The first-order chi connectivity index (χ1) is 12.7. The maximum atomic E-state index is 12.6. The Morgan fingerprint density at radius 1 is 0.963 bits per heavy atom. The third-order valence-corrected chi connectivity index (χ3v) is 6.53. The molecule has 1 atom stereocenters. The van der Waals surface area contributed by atoms with Crippen molar-refractivity contribution in [2.45, 2.75) is 37.1 Å². The fourth-order valence-corrected chi connectivity index (χ4v) is 4.66. The molecule has 0 saturated heterocycles. The topological polar surface area (TPSA) is 63.2 Å². The van der Waals surface area contributed by atoms with Gasteiger partial charge in [-0.05, 0) is 22.6 Å². The second-order valence-corrected chi connectivity index (χ2v) is 10.3. The van der Waals surface area contributed by atoms with E-state index in [1.54, 1.807) is 23.9 Å². The van der Waals surface area contributed by atoms with Crippen LogP contribution in [-0.4, -0.2) is 25.8 Å². The van der Waals surface area contributed by atoms with E-state index < -0.39 is 9.84 Å². The molecule has 0 aromatic heterocycles. The number of rotatable bonds is 9. The number of amides is 1. The van der Waals surface area contributed by atoms with E-state index >= 15 is 0 Å². The quantitative estimate of drug-likeness (QED) is 0.689. The molecule has 0 aliphatic carbocycles. The average Bonchev–Trinajstić information content (AvgIpc) is 2.60. The first-order valence-corrected chi connectivity index (χ1v) is 12.0. The van der Waals surface area contributed by atoms with E-state index in [-0.39, 0.29) is 22.8 Å². The number of nitrogens with one attached hydrogen (secondary N) is 1. The number of hydrogen-bond acceptors (Lipinski definition) is 4. The summed E-state index contributed by atoms with van der Waals surface area (Å²) in [7, 11) is -3.04. The molecule has 2 aromatic rings. The van der Waals surface area contributed by atoms with Gasteiger partial charge in [-0.2, -0.15) is 0 Å². The van der Waals surface area contributed by atoms with Crippen LogP contribution >= 0.6 is 11.8 Å². The molecule has 0 heterocycles. The van der Waals surface area contributed by atoms with E-state index in [0.717, 1.165) is 16.9 Å². The summed E-state index contributed by atoms with van der Waals surface area (Å²) in [6, 6.07) is 17.5. The van der Waals surface area contributed by atoms with Crippen LogP contribution in [0.3, 0.4) is 0 Å². The van der Waals surface area contributed by atoms with E-state index in [0.29, 0.717) is 6.54 Å². The average molecular weight is 406 g/mol. The first kappa shape index (κ1) is 21.5. The van der Waals surface area contributed by atoms with Crippen molar-refractivity contribution in [3.8, 4) is 0 Å². The van der Waals surface area contributed by atoms with E-state index in [4.69, 9.17) is 0 Å². The van der Waals surface area contributed by atoms with E-state index in [1.807, 2.05) is 30.3 Å². The SMILES string of the molecule is CC(C)C(SCc1ccccc1)C(=O)NCc1ccc(CS(C)(=O)=O)cc1. The van der Waals surface area contributed by atoms with E-state index in [9.17, 15) is 13.2 Å². The number of sulfone groups is 1. The van der Waals surface area contributed by atoms with Crippen molar-refractivity contribution in [1.29, 1.82) is 0 Å². The van der Waals surface area contributed by atoms with Crippen LogP contribution in [-0.2, 0) is 32.7 Å². The molecular weight excluding hydrogens is 378 g/mol. The van der Waals surface area contributed by atoms with Gasteiger partial charge in [-0.15, -0.1) is 11.8 Å². The van der Waals surface area contributed by atoms with Crippen molar-refractivity contribution in [2.24, 2.45) is 5.92 Å². The van der Waals surface area contributed by atoms with Gasteiger partial charge in [0.15, 0.2) is 9.84 Å². The zero-order chi connectivity index (χ0) is 19.9. The Hall–Kier alpha value is -1.79. The minimum absolute atomic E-state index is 0.0329. The van der Waals surface area contributed by atoms with Crippen LogP contribution in [0.1, 0.15) is 30.5 Å². The zero-order valence-corrected chi connectivity index (χ0v) is 17.6. The van der Waals surface area contributed by atoms with Gasteiger partial charge < -0.3 is 5.32 Å². The summed E-state index contributed by atoms with van der Waals surface area (Å²) < 4.78 is 22.7. The van der Waals surface area contributed by atoms with Gasteiger partial charge in [-0.1, -0.05) is 68.4 Å². The largest absolute Gasteiger partial charge is 0.351 e. The summed E-state index contributed by atoms with van der Waals surface area (Å²) in [5, 5.41) is 2.89. The minimum atomic E-state index is -3.04.